The number of alkyl halides is 3. The van der Waals surface area contributed by atoms with Crippen LogP contribution in [-0.2, 0) is 18.4 Å². The van der Waals surface area contributed by atoms with E-state index in [0.717, 1.165) is 24.8 Å². The zero-order valence-electron chi connectivity index (χ0n) is 14.7. The summed E-state index contributed by atoms with van der Waals surface area (Å²) in [5.74, 6) is 1.30. The third kappa shape index (κ3) is 5.26. The van der Waals surface area contributed by atoms with Gasteiger partial charge >= 0.3 is 6.18 Å². The quantitative estimate of drug-likeness (QED) is 0.755. The largest absolute Gasteiger partial charge is 0.493 e. The molecule has 0 atom stereocenters. The summed E-state index contributed by atoms with van der Waals surface area (Å²) < 4.78 is 52.0. The van der Waals surface area contributed by atoms with E-state index in [4.69, 9.17) is 19.7 Å². The fourth-order valence-corrected chi connectivity index (χ4v) is 2.74. The van der Waals surface area contributed by atoms with Gasteiger partial charge in [-0.15, -0.1) is 12.4 Å². The predicted octanol–water partition coefficient (Wildman–Crippen LogP) is 3.56. The first-order chi connectivity index (χ1) is 12.3. The summed E-state index contributed by atoms with van der Waals surface area (Å²) in [4.78, 5) is 4.35. The molecule has 1 aliphatic carbocycles. The van der Waals surface area contributed by atoms with Gasteiger partial charge in [-0.1, -0.05) is 11.2 Å². The van der Waals surface area contributed by atoms with Crippen LogP contribution in [0.3, 0.4) is 0 Å². The van der Waals surface area contributed by atoms with Crippen molar-refractivity contribution in [3.8, 4) is 11.5 Å². The normalized spacial score (nSPS) is 15.6. The average molecular weight is 408 g/mol. The lowest BCUT2D eigenvalue weighted by molar-refractivity contribution is -0.153. The topological polar surface area (TPSA) is 83.4 Å². The summed E-state index contributed by atoms with van der Waals surface area (Å²) in [5, 5.41) is 3.96. The predicted molar refractivity (Wildman–Crippen MR) is 93.2 cm³/mol. The number of aryl methyl sites for hydroxylation is 2. The van der Waals surface area contributed by atoms with Crippen LogP contribution in [0.2, 0.25) is 0 Å². The number of methoxy groups -OCH3 is 1. The standard InChI is InChI=1S/C17H20F3N3O3.ClH/c1-24-13-9-11(3-5-12(13)25-10-17(18,19)20)4-6-14-22-15(23-26-14)16(21)7-2-8-16;/h3,5,9H,2,4,6-8,10,21H2,1H3;1H. The van der Waals surface area contributed by atoms with Gasteiger partial charge in [0.2, 0.25) is 5.89 Å². The van der Waals surface area contributed by atoms with Gasteiger partial charge in [0.25, 0.3) is 0 Å². The first-order valence-corrected chi connectivity index (χ1v) is 8.27. The lowest BCUT2D eigenvalue weighted by atomic mass is 9.77. The molecule has 27 heavy (non-hydrogen) atoms. The first kappa shape index (κ1) is 21.3. The van der Waals surface area contributed by atoms with Gasteiger partial charge < -0.3 is 19.7 Å². The molecule has 0 amide bonds. The highest BCUT2D eigenvalue weighted by Crippen LogP contribution is 2.37. The van der Waals surface area contributed by atoms with E-state index in [0.29, 0.717) is 24.6 Å². The molecule has 1 heterocycles. The van der Waals surface area contributed by atoms with Gasteiger partial charge in [0, 0.05) is 6.42 Å². The molecular weight excluding hydrogens is 387 g/mol. The van der Waals surface area contributed by atoms with Crippen LogP contribution in [0.5, 0.6) is 11.5 Å². The van der Waals surface area contributed by atoms with Crippen molar-refractivity contribution in [3.05, 3.63) is 35.5 Å². The van der Waals surface area contributed by atoms with Crippen LogP contribution >= 0.6 is 12.4 Å². The lowest BCUT2D eigenvalue weighted by Crippen LogP contribution is -2.44. The minimum Gasteiger partial charge on any atom is -0.493 e. The Morgan fingerprint density at radius 1 is 1.22 bits per heavy atom. The summed E-state index contributed by atoms with van der Waals surface area (Å²) in [6, 6.07) is 4.78. The van der Waals surface area contributed by atoms with E-state index >= 15 is 0 Å². The van der Waals surface area contributed by atoms with Gasteiger partial charge in [-0.05, 0) is 43.4 Å². The van der Waals surface area contributed by atoms with Gasteiger partial charge in [-0.3, -0.25) is 0 Å². The van der Waals surface area contributed by atoms with E-state index in [-0.39, 0.29) is 23.9 Å². The van der Waals surface area contributed by atoms with E-state index in [9.17, 15) is 13.2 Å². The molecule has 0 bridgehead atoms. The van der Waals surface area contributed by atoms with Crippen LogP contribution in [-0.4, -0.2) is 30.0 Å². The van der Waals surface area contributed by atoms with E-state index in [1.807, 2.05) is 0 Å². The molecule has 3 rings (SSSR count). The molecule has 0 unspecified atom stereocenters. The Balaban J connectivity index is 0.00000261. The minimum absolute atomic E-state index is 0. The van der Waals surface area contributed by atoms with E-state index in [2.05, 4.69) is 10.1 Å². The number of aromatic nitrogens is 2. The van der Waals surface area contributed by atoms with Crippen molar-refractivity contribution in [2.24, 2.45) is 5.73 Å². The van der Waals surface area contributed by atoms with E-state index in [1.54, 1.807) is 12.1 Å². The van der Waals surface area contributed by atoms with Crippen LogP contribution in [0.15, 0.2) is 22.7 Å². The smallest absolute Gasteiger partial charge is 0.422 e. The fourth-order valence-electron chi connectivity index (χ4n) is 2.74. The van der Waals surface area contributed by atoms with Gasteiger partial charge in [-0.2, -0.15) is 18.2 Å². The van der Waals surface area contributed by atoms with Crippen molar-refractivity contribution in [2.45, 2.75) is 43.8 Å². The molecular formula is C17H21ClF3N3O3. The Morgan fingerprint density at radius 2 is 1.96 bits per heavy atom. The Morgan fingerprint density at radius 3 is 2.56 bits per heavy atom. The monoisotopic (exact) mass is 407 g/mol. The highest BCUT2D eigenvalue weighted by atomic mass is 35.5. The second-order valence-corrected chi connectivity index (χ2v) is 6.41. The maximum atomic E-state index is 12.3. The molecule has 10 heteroatoms. The van der Waals surface area contributed by atoms with Crippen LogP contribution in [0.4, 0.5) is 13.2 Å². The zero-order chi connectivity index (χ0) is 18.8. The van der Waals surface area contributed by atoms with Crippen molar-refractivity contribution < 1.29 is 27.2 Å². The van der Waals surface area contributed by atoms with Crippen LogP contribution < -0.4 is 15.2 Å². The van der Waals surface area contributed by atoms with Gasteiger partial charge in [-0.25, -0.2) is 0 Å². The molecule has 1 aromatic carbocycles. The number of hydrogen-bond acceptors (Lipinski definition) is 6. The molecule has 0 spiro atoms. The third-order valence-electron chi connectivity index (χ3n) is 4.41. The molecule has 2 N–H and O–H groups in total. The Bertz CT molecular complexity index is 763. The van der Waals surface area contributed by atoms with Crippen LogP contribution in [0.1, 0.15) is 36.5 Å². The summed E-state index contributed by atoms with van der Waals surface area (Å²) in [5.41, 5.74) is 6.55. The summed E-state index contributed by atoms with van der Waals surface area (Å²) in [7, 11) is 1.38. The maximum Gasteiger partial charge on any atom is 0.422 e. The number of hydrogen-bond donors (Lipinski definition) is 1. The number of nitrogens with zero attached hydrogens (tertiary/aromatic N) is 2. The van der Waals surface area contributed by atoms with Gasteiger partial charge in [0.05, 0.1) is 12.6 Å². The van der Waals surface area contributed by atoms with Crippen molar-refractivity contribution in [1.29, 1.82) is 0 Å². The molecule has 6 nitrogen and oxygen atoms in total. The molecule has 1 fully saturated rings. The molecule has 0 saturated heterocycles. The zero-order valence-corrected chi connectivity index (χ0v) is 15.5. The van der Waals surface area contributed by atoms with Crippen LogP contribution in [0.25, 0.3) is 0 Å². The number of nitrogens with two attached hydrogens (primary N) is 1. The Hall–Kier alpha value is -2.00. The van der Waals surface area contributed by atoms with Crippen molar-refractivity contribution in [1.82, 2.24) is 10.1 Å². The van der Waals surface area contributed by atoms with Crippen LogP contribution in [0, 0.1) is 0 Å². The second kappa shape index (κ2) is 8.35. The molecule has 2 aromatic rings. The fraction of sp³-hybridized carbons (Fsp3) is 0.529. The average Bonchev–Trinajstić information content (AvgIpc) is 3.05. The van der Waals surface area contributed by atoms with Gasteiger partial charge in [0.1, 0.15) is 0 Å². The summed E-state index contributed by atoms with van der Waals surface area (Å²) in [6.45, 7) is -1.37. The molecule has 1 aliphatic rings. The number of halogens is 4. The summed E-state index contributed by atoms with van der Waals surface area (Å²) in [6.07, 6.45) is -0.585. The number of rotatable bonds is 7. The molecule has 150 valence electrons. The Labute approximate surface area is 160 Å². The van der Waals surface area contributed by atoms with Gasteiger partial charge in [0.15, 0.2) is 23.9 Å². The first-order valence-electron chi connectivity index (χ1n) is 8.27. The highest BCUT2D eigenvalue weighted by molar-refractivity contribution is 5.85. The molecule has 1 aromatic heterocycles. The van der Waals surface area contributed by atoms with E-state index in [1.165, 1.54) is 13.2 Å². The molecule has 0 radical (unpaired) electrons. The third-order valence-corrected chi connectivity index (χ3v) is 4.41. The number of ether oxygens (including phenoxy) is 2. The summed E-state index contributed by atoms with van der Waals surface area (Å²) >= 11 is 0. The number of benzene rings is 1. The van der Waals surface area contributed by atoms with Crippen molar-refractivity contribution in [2.75, 3.05) is 13.7 Å². The second-order valence-electron chi connectivity index (χ2n) is 6.41. The molecule has 0 aliphatic heterocycles. The maximum absolute atomic E-state index is 12.3. The lowest BCUT2D eigenvalue weighted by Gasteiger charge is -2.34. The Kier molecular flexibility index (Phi) is 6.59. The van der Waals surface area contributed by atoms with Crippen molar-refractivity contribution in [3.63, 3.8) is 0 Å². The highest BCUT2D eigenvalue weighted by Gasteiger charge is 2.38. The van der Waals surface area contributed by atoms with E-state index < -0.39 is 18.3 Å². The van der Waals surface area contributed by atoms with Crippen molar-refractivity contribution >= 4 is 12.4 Å². The molecule has 1 saturated carbocycles. The SMILES string of the molecule is COc1cc(CCc2nc(C3(N)CCC3)no2)ccc1OCC(F)(F)F.Cl. The minimum atomic E-state index is -4.40.